The highest BCUT2D eigenvalue weighted by molar-refractivity contribution is 6.05. The fourth-order valence-corrected chi connectivity index (χ4v) is 1.84. The molecule has 0 unspecified atom stereocenters. The molecule has 21 heavy (non-hydrogen) atoms. The zero-order valence-corrected chi connectivity index (χ0v) is 11.9. The van der Waals surface area contributed by atoms with Crippen LogP contribution in [0.3, 0.4) is 0 Å². The monoisotopic (exact) mass is 283 g/mol. The number of ketones is 1. The highest BCUT2D eigenvalue weighted by atomic mass is 16.6. The van der Waals surface area contributed by atoms with Gasteiger partial charge in [0, 0.05) is 6.42 Å². The molecule has 0 aliphatic rings. The molecule has 4 heteroatoms. The minimum atomic E-state index is -0.0560. The van der Waals surface area contributed by atoms with Gasteiger partial charge in [-0.1, -0.05) is 47.6 Å². The average molecular weight is 283 g/mol. The van der Waals surface area contributed by atoms with Gasteiger partial charge in [0.25, 0.3) is 0 Å². The van der Waals surface area contributed by atoms with Crippen molar-refractivity contribution >= 4 is 12.0 Å². The van der Waals surface area contributed by atoms with Crippen molar-refractivity contribution in [3.8, 4) is 5.75 Å². The summed E-state index contributed by atoms with van der Waals surface area (Å²) in [5.41, 5.74) is 1.58. The molecule has 0 atom stereocenters. The molecule has 2 rings (SSSR count). The van der Waals surface area contributed by atoms with E-state index < -0.39 is 0 Å². The van der Waals surface area contributed by atoms with Crippen LogP contribution in [-0.2, 0) is 11.4 Å². The maximum Gasteiger partial charge on any atom is 0.172 e. The van der Waals surface area contributed by atoms with E-state index in [1.165, 1.54) is 6.21 Å². The predicted octanol–water partition coefficient (Wildman–Crippen LogP) is 3.47. The summed E-state index contributed by atoms with van der Waals surface area (Å²) >= 11 is 0. The number of oxime groups is 1. The molecule has 0 aromatic heterocycles. The van der Waals surface area contributed by atoms with Crippen LogP contribution in [0.15, 0.2) is 59.8 Å². The van der Waals surface area contributed by atoms with E-state index in [1.54, 1.807) is 25.3 Å². The van der Waals surface area contributed by atoms with Gasteiger partial charge in [-0.15, -0.1) is 0 Å². The van der Waals surface area contributed by atoms with E-state index in [1.807, 2.05) is 36.4 Å². The zero-order valence-electron chi connectivity index (χ0n) is 11.9. The smallest absolute Gasteiger partial charge is 0.172 e. The third-order valence-electron chi connectivity index (χ3n) is 2.91. The van der Waals surface area contributed by atoms with Crippen LogP contribution in [0.2, 0.25) is 0 Å². The van der Waals surface area contributed by atoms with Gasteiger partial charge in [0.05, 0.1) is 18.9 Å². The predicted molar refractivity (Wildman–Crippen MR) is 81.7 cm³/mol. The van der Waals surface area contributed by atoms with Crippen molar-refractivity contribution in [3.05, 3.63) is 65.7 Å². The van der Waals surface area contributed by atoms with Crippen molar-refractivity contribution < 1.29 is 14.4 Å². The third kappa shape index (κ3) is 4.45. The van der Waals surface area contributed by atoms with Gasteiger partial charge in [-0.2, -0.15) is 0 Å². The lowest BCUT2D eigenvalue weighted by Crippen LogP contribution is -2.02. The minimum absolute atomic E-state index is 0.0560. The molecule has 108 valence electrons. The van der Waals surface area contributed by atoms with Crippen molar-refractivity contribution in [2.45, 2.75) is 13.0 Å². The first kappa shape index (κ1) is 14.8. The Hall–Kier alpha value is -2.62. The van der Waals surface area contributed by atoms with E-state index in [-0.39, 0.29) is 12.2 Å². The Labute approximate surface area is 124 Å². The van der Waals surface area contributed by atoms with Crippen molar-refractivity contribution in [1.82, 2.24) is 0 Å². The van der Waals surface area contributed by atoms with Crippen molar-refractivity contribution in [3.63, 3.8) is 0 Å². The van der Waals surface area contributed by atoms with Crippen LogP contribution in [-0.4, -0.2) is 19.1 Å². The van der Waals surface area contributed by atoms with E-state index in [2.05, 4.69) is 5.16 Å². The third-order valence-corrected chi connectivity index (χ3v) is 2.91. The highest BCUT2D eigenvalue weighted by Crippen LogP contribution is 2.18. The molecule has 0 aliphatic carbocycles. The van der Waals surface area contributed by atoms with Gasteiger partial charge in [0.1, 0.15) is 12.4 Å². The fourth-order valence-electron chi connectivity index (χ4n) is 1.84. The number of rotatable bonds is 7. The summed E-state index contributed by atoms with van der Waals surface area (Å²) in [5.74, 6) is 0.514. The standard InChI is InChI=1S/C17H17NO3/c1-20-17-10-6-5-9-15(17)16(19)11-12-18-21-13-14-7-3-2-4-8-14/h2-10,12H,11,13H2,1H3/b18-12-. The number of methoxy groups -OCH3 is 1. The van der Waals surface area contributed by atoms with Crippen LogP contribution >= 0.6 is 0 Å². The number of ether oxygens (including phenoxy) is 1. The molecule has 0 radical (unpaired) electrons. The van der Waals surface area contributed by atoms with E-state index in [0.717, 1.165) is 5.56 Å². The Morgan fingerprint density at radius 3 is 2.57 bits per heavy atom. The second-order valence-corrected chi connectivity index (χ2v) is 4.37. The number of nitrogens with zero attached hydrogens (tertiary/aromatic N) is 1. The Morgan fingerprint density at radius 2 is 1.81 bits per heavy atom. The molecule has 0 N–H and O–H groups in total. The maximum atomic E-state index is 12.0. The molecular formula is C17H17NO3. The van der Waals surface area contributed by atoms with Crippen LogP contribution in [0.25, 0.3) is 0 Å². The van der Waals surface area contributed by atoms with Crippen LogP contribution < -0.4 is 4.74 Å². The quantitative estimate of drug-likeness (QED) is 0.444. The van der Waals surface area contributed by atoms with Gasteiger partial charge in [0.2, 0.25) is 0 Å². The first-order valence-corrected chi connectivity index (χ1v) is 6.65. The lowest BCUT2D eigenvalue weighted by Gasteiger charge is -2.05. The second kappa shape index (κ2) is 7.85. The minimum Gasteiger partial charge on any atom is -0.496 e. The van der Waals surface area contributed by atoms with Crippen LogP contribution in [0.1, 0.15) is 22.3 Å². The number of carbonyl (C=O) groups is 1. The fraction of sp³-hybridized carbons (Fsp3) is 0.176. The van der Waals surface area contributed by atoms with Gasteiger partial charge in [0.15, 0.2) is 5.78 Å². The zero-order chi connectivity index (χ0) is 14.9. The summed E-state index contributed by atoms with van der Waals surface area (Å²) in [7, 11) is 1.54. The highest BCUT2D eigenvalue weighted by Gasteiger charge is 2.09. The summed E-state index contributed by atoms with van der Waals surface area (Å²) in [4.78, 5) is 17.2. The molecule has 0 saturated heterocycles. The van der Waals surface area contributed by atoms with Crippen molar-refractivity contribution in [2.24, 2.45) is 5.16 Å². The van der Waals surface area contributed by atoms with E-state index in [4.69, 9.17) is 9.57 Å². The van der Waals surface area contributed by atoms with Gasteiger partial charge in [-0.05, 0) is 17.7 Å². The number of hydrogen-bond acceptors (Lipinski definition) is 4. The van der Waals surface area contributed by atoms with E-state index in [0.29, 0.717) is 17.9 Å². The van der Waals surface area contributed by atoms with Crippen LogP contribution in [0.4, 0.5) is 0 Å². The molecule has 0 amide bonds. The van der Waals surface area contributed by atoms with Gasteiger partial charge in [-0.3, -0.25) is 4.79 Å². The van der Waals surface area contributed by atoms with Crippen LogP contribution in [0.5, 0.6) is 5.75 Å². The van der Waals surface area contributed by atoms with Gasteiger partial charge in [-0.25, -0.2) is 0 Å². The average Bonchev–Trinajstić information content (AvgIpc) is 2.55. The molecule has 0 bridgehead atoms. The lowest BCUT2D eigenvalue weighted by atomic mass is 10.1. The number of para-hydroxylation sites is 1. The summed E-state index contributed by atoms with van der Waals surface area (Å²) in [5, 5.41) is 3.80. The number of Topliss-reactive ketones (excluding diaryl/α,β-unsaturated/α-hetero) is 1. The maximum absolute atomic E-state index is 12.0. The molecule has 0 heterocycles. The summed E-state index contributed by atoms with van der Waals surface area (Å²) in [6, 6.07) is 16.9. The second-order valence-electron chi connectivity index (χ2n) is 4.37. The number of benzene rings is 2. The Balaban J connectivity index is 1.82. The normalized spacial score (nSPS) is 10.5. The molecule has 0 saturated carbocycles. The largest absolute Gasteiger partial charge is 0.496 e. The Morgan fingerprint density at radius 1 is 1.10 bits per heavy atom. The first-order valence-electron chi connectivity index (χ1n) is 6.65. The van der Waals surface area contributed by atoms with E-state index in [9.17, 15) is 4.79 Å². The first-order chi connectivity index (χ1) is 10.3. The Kier molecular flexibility index (Phi) is 5.52. The van der Waals surface area contributed by atoms with Crippen LogP contribution in [0, 0.1) is 0 Å². The molecule has 0 fully saturated rings. The van der Waals surface area contributed by atoms with E-state index >= 15 is 0 Å². The molecule has 2 aromatic rings. The molecule has 0 spiro atoms. The molecule has 4 nitrogen and oxygen atoms in total. The number of carbonyl (C=O) groups excluding carboxylic acids is 1. The SMILES string of the molecule is COc1ccccc1C(=O)C/C=N\OCc1ccccc1. The van der Waals surface area contributed by atoms with Crippen molar-refractivity contribution in [1.29, 1.82) is 0 Å². The van der Waals surface area contributed by atoms with Gasteiger partial charge < -0.3 is 9.57 Å². The van der Waals surface area contributed by atoms with Crippen molar-refractivity contribution in [2.75, 3.05) is 7.11 Å². The molecular weight excluding hydrogens is 266 g/mol. The summed E-state index contributed by atoms with van der Waals surface area (Å²) in [6.07, 6.45) is 1.65. The summed E-state index contributed by atoms with van der Waals surface area (Å²) < 4.78 is 5.16. The molecule has 0 aliphatic heterocycles. The Bertz CT molecular complexity index is 608. The topological polar surface area (TPSA) is 47.9 Å². The lowest BCUT2D eigenvalue weighted by molar-refractivity contribution is 0.0993. The van der Waals surface area contributed by atoms with Gasteiger partial charge >= 0.3 is 0 Å². The number of hydrogen-bond donors (Lipinski definition) is 0. The summed E-state index contributed by atoms with van der Waals surface area (Å²) in [6.45, 7) is 0.389. The molecule has 2 aromatic carbocycles.